The first-order valence-corrected chi connectivity index (χ1v) is 9.63. The summed E-state index contributed by atoms with van der Waals surface area (Å²) in [6.45, 7) is 4.97. The van der Waals surface area contributed by atoms with E-state index < -0.39 is 17.8 Å². The van der Waals surface area contributed by atoms with Crippen molar-refractivity contribution in [2.24, 2.45) is 7.05 Å². The highest BCUT2D eigenvalue weighted by Gasteiger charge is 2.42. The van der Waals surface area contributed by atoms with Crippen LogP contribution in [0.4, 0.5) is 13.2 Å². The van der Waals surface area contributed by atoms with Crippen LogP contribution in [0, 0.1) is 6.92 Å². The van der Waals surface area contributed by atoms with Gasteiger partial charge in [0, 0.05) is 39.1 Å². The van der Waals surface area contributed by atoms with E-state index in [1.807, 2.05) is 13.8 Å². The van der Waals surface area contributed by atoms with Crippen LogP contribution in [-0.4, -0.2) is 38.0 Å². The number of alkyl halides is 3. The molecule has 0 bridgehead atoms. The predicted octanol–water partition coefficient (Wildman–Crippen LogP) is 4.74. The van der Waals surface area contributed by atoms with E-state index in [0.29, 0.717) is 11.4 Å². The molecule has 30 heavy (non-hydrogen) atoms. The SMILES string of the molecule is Cc1c(-c2nccn2C)c(C(=O)N(C)C(C)C)n(Cc2ccccc2)c1C(F)(F)F. The number of carbonyl (C=O) groups excluding carboxylic acids is 1. The third-order valence-electron chi connectivity index (χ3n) is 5.30. The largest absolute Gasteiger partial charge is 0.431 e. The minimum absolute atomic E-state index is 0.00539. The molecule has 0 aliphatic rings. The number of aromatic nitrogens is 3. The van der Waals surface area contributed by atoms with Crippen LogP contribution in [0.15, 0.2) is 42.7 Å². The van der Waals surface area contributed by atoms with E-state index >= 15 is 0 Å². The van der Waals surface area contributed by atoms with Crippen molar-refractivity contribution >= 4 is 5.91 Å². The number of hydrogen-bond acceptors (Lipinski definition) is 2. The summed E-state index contributed by atoms with van der Waals surface area (Å²) in [4.78, 5) is 19.1. The standard InChI is InChI=1S/C22H25F3N4O/c1-14(2)28(5)21(30)18-17(20-26-11-12-27(20)4)15(3)19(22(23,24)25)29(18)13-16-9-7-6-8-10-16/h6-12,14H,13H2,1-5H3. The summed E-state index contributed by atoms with van der Waals surface area (Å²) >= 11 is 0. The molecule has 3 aromatic rings. The molecule has 3 rings (SSSR count). The van der Waals surface area contributed by atoms with Crippen molar-refractivity contribution in [3.8, 4) is 11.4 Å². The third kappa shape index (κ3) is 3.86. The zero-order valence-corrected chi connectivity index (χ0v) is 17.7. The van der Waals surface area contributed by atoms with E-state index in [4.69, 9.17) is 0 Å². The summed E-state index contributed by atoms with van der Waals surface area (Å²) in [5, 5.41) is 0. The highest BCUT2D eigenvalue weighted by atomic mass is 19.4. The lowest BCUT2D eigenvalue weighted by Gasteiger charge is -2.24. The summed E-state index contributed by atoms with van der Waals surface area (Å²) in [6.07, 6.45) is -1.47. The van der Waals surface area contributed by atoms with Crippen molar-refractivity contribution in [1.29, 1.82) is 0 Å². The van der Waals surface area contributed by atoms with Crippen LogP contribution >= 0.6 is 0 Å². The predicted molar refractivity (Wildman–Crippen MR) is 109 cm³/mol. The van der Waals surface area contributed by atoms with E-state index in [0.717, 1.165) is 4.57 Å². The van der Waals surface area contributed by atoms with Gasteiger partial charge in [0.05, 0.1) is 5.56 Å². The van der Waals surface area contributed by atoms with Crippen LogP contribution in [0.3, 0.4) is 0 Å². The second-order valence-electron chi connectivity index (χ2n) is 7.64. The second kappa shape index (κ2) is 8.01. The summed E-state index contributed by atoms with van der Waals surface area (Å²) < 4.78 is 45.3. The Morgan fingerprint density at radius 1 is 1.20 bits per heavy atom. The van der Waals surface area contributed by atoms with E-state index in [1.165, 1.54) is 18.0 Å². The van der Waals surface area contributed by atoms with Crippen LogP contribution in [-0.2, 0) is 19.8 Å². The summed E-state index contributed by atoms with van der Waals surface area (Å²) in [6, 6.07) is 8.64. The number of rotatable bonds is 5. The molecule has 0 aliphatic heterocycles. The van der Waals surface area contributed by atoms with Gasteiger partial charge in [0.2, 0.25) is 0 Å². The first-order valence-electron chi connectivity index (χ1n) is 9.63. The molecule has 0 unspecified atom stereocenters. The molecule has 0 aliphatic carbocycles. The molecule has 0 spiro atoms. The molecule has 0 radical (unpaired) electrons. The van der Waals surface area contributed by atoms with E-state index in [1.54, 1.807) is 55.2 Å². The van der Waals surface area contributed by atoms with Crippen molar-refractivity contribution in [2.75, 3.05) is 7.05 Å². The molecule has 0 fully saturated rings. The summed E-state index contributed by atoms with van der Waals surface area (Å²) in [7, 11) is 3.29. The molecule has 0 atom stereocenters. The lowest BCUT2D eigenvalue weighted by atomic mass is 10.1. The van der Waals surface area contributed by atoms with Gasteiger partial charge in [0.25, 0.3) is 5.91 Å². The number of aryl methyl sites for hydroxylation is 1. The Morgan fingerprint density at radius 2 is 1.83 bits per heavy atom. The molecule has 0 N–H and O–H groups in total. The van der Waals surface area contributed by atoms with Crippen LogP contribution in [0.2, 0.25) is 0 Å². The van der Waals surface area contributed by atoms with Gasteiger partial charge in [-0.1, -0.05) is 30.3 Å². The normalized spacial score (nSPS) is 11.9. The summed E-state index contributed by atoms with van der Waals surface area (Å²) in [5.41, 5.74) is 0.0428. The fourth-order valence-electron chi connectivity index (χ4n) is 3.54. The van der Waals surface area contributed by atoms with Gasteiger partial charge in [-0.15, -0.1) is 0 Å². The first kappa shape index (κ1) is 21.7. The van der Waals surface area contributed by atoms with Crippen molar-refractivity contribution in [1.82, 2.24) is 19.0 Å². The maximum atomic E-state index is 14.2. The zero-order chi connectivity index (χ0) is 22.2. The van der Waals surface area contributed by atoms with Crippen molar-refractivity contribution in [3.63, 3.8) is 0 Å². The number of amides is 1. The van der Waals surface area contributed by atoms with Crippen LogP contribution < -0.4 is 0 Å². The number of halogens is 3. The van der Waals surface area contributed by atoms with Gasteiger partial charge in [0.15, 0.2) is 0 Å². The first-order chi connectivity index (χ1) is 14.0. The monoisotopic (exact) mass is 418 g/mol. The Balaban J connectivity index is 2.37. The van der Waals surface area contributed by atoms with Crippen molar-refractivity contribution in [3.05, 3.63) is 65.2 Å². The molecule has 2 aromatic heterocycles. The number of nitrogens with zero attached hydrogens (tertiary/aromatic N) is 4. The average molecular weight is 418 g/mol. The molecule has 8 heteroatoms. The quantitative estimate of drug-likeness (QED) is 0.601. The number of hydrogen-bond donors (Lipinski definition) is 0. The highest BCUT2D eigenvalue weighted by Crippen LogP contribution is 2.41. The Hall–Kier alpha value is -3.03. The number of carbonyl (C=O) groups is 1. The van der Waals surface area contributed by atoms with Crippen molar-refractivity contribution < 1.29 is 18.0 Å². The molecule has 160 valence electrons. The lowest BCUT2D eigenvalue weighted by molar-refractivity contribution is -0.143. The van der Waals surface area contributed by atoms with Gasteiger partial charge < -0.3 is 14.0 Å². The molecule has 5 nitrogen and oxygen atoms in total. The highest BCUT2D eigenvalue weighted by molar-refractivity contribution is 6.00. The van der Waals surface area contributed by atoms with E-state index in [2.05, 4.69) is 4.98 Å². The van der Waals surface area contributed by atoms with Gasteiger partial charge in [-0.25, -0.2) is 4.98 Å². The Bertz CT molecular complexity index is 1050. The Kier molecular flexibility index (Phi) is 5.78. The van der Waals surface area contributed by atoms with E-state index in [9.17, 15) is 18.0 Å². The number of imidazole rings is 1. The number of benzene rings is 1. The molecule has 0 saturated heterocycles. The molecule has 2 heterocycles. The molecule has 0 saturated carbocycles. The molecule has 1 aromatic carbocycles. The maximum Gasteiger partial charge on any atom is 0.431 e. The van der Waals surface area contributed by atoms with Gasteiger partial charge in [-0.3, -0.25) is 4.79 Å². The van der Waals surface area contributed by atoms with Gasteiger partial charge >= 0.3 is 6.18 Å². The Labute approximate surface area is 173 Å². The molecular formula is C22H25F3N4O. The Morgan fingerprint density at radius 3 is 2.33 bits per heavy atom. The topological polar surface area (TPSA) is 43.1 Å². The lowest BCUT2D eigenvalue weighted by Crippen LogP contribution is -2.35. The molecule has 1 amide bonds. The molecular weight excluding hydrogens is 393 g/mol. The van der Waals surface area contributed by atoms with Crippen LogP contribution in [0.25, 0.3) is 11.4 Å². The van der Waals surface area contributed by atoms with Gasteiger partial charge in [-0.05, 0) is 31.9 Å². The third-order valence-corrected chi connectivity index (χ3v) is 5.30. The van der Waals surface area contributed by atoms with Gasteiger partial charge in [0.1, 0.15) is 17.2 Å². The fraction of sp³-hybridized carbons (Fsp3) is 0.364. The maximum absolute atomic E-state index is 14.2. The van der Waals surface area contributed by atoms with Crippen LogP contribution in [0.1, 0.15) is 41.2 Å². The second-order valence-corrected chi connectivity index (χ2v) is 7.64. The summed E-state index contributed by atoms with van der Waals surface area (Å²) in [5.74, 6) is -0.150. The fourth-order valence-corrected chi connectivity index (χ4v) is 3.54. The smallest absolute Gasteiger partial charge is 0.338 e. The zero-order valence-electron chi connectivity index (χ0n) is 17.7. The van der Waals surface area contributed by atoms with Crippen molar-refractivity contribution in [2.45, 2.75) is 39.5 Å². The minimum Gasteiger partial charge on any atom is -0.338 e. The minimum atomic E-state index is -4.63. The average Bonchev–Trinajstić information content (AvgIpc) is 3.21. The van der Waals surface area contributed by atoms with Gasteiger partial charge in [-0.2, -0.15) is 13.2 Å². The van der Waals surface area contributed by atoms with E-state index in [-0.39, 0.29) is 29.4 Å². The van der Waals surface area contributed by atoms with Crippen LogP contribution in [0.5, 0.6) is 0 Å².